The van der Waals surface area contributed by atoms with E-state index in [1.54, 1.807) is 11.8 Å². The number of hydrogen-bond donors (Lipinski definition) is 1. The van der Waals surface area contributed by atoms with Gasteiger partial charge in [-0.2, -0.15) is 11.8 Å². The van der Waals surface area contributed by atoms with Crippen molar-refractivity contribution in [1.82, 2.24) is 10.2 Å². The van der Waals surface area contributed by atoms with Crippen molar-refractivity contribution in [3.8, 4) is 0 Å². The molecule has 2 rings (SSSR count). The van der Waals surface area contributed by atoms with Gasteiger partial charge in [0.15, 0.2) is 0 Å². The third-order valence-electron chi connectivity index (χ3n) is 4.61. The number of halogens is 1. The van der Waals surface area contributed by atoms with E-state index in [0.717, 1.165) is 36.6 Å². The summed E-state index contributed by atoms with van der Waals surface area (Å²) in [5, 5.41) is 3.56. The molecule has 6 heteroatoms. The molecule has 2 unspecified atom stereocenters. The normalized spacial score (nSPS) is 19.2. The lowest BCUT2D eigenvalue weighted by Crippen LogP contribution is -2.49. The Morgan fingerprint density at radius 1 is 1.32 bits per heavy atom. The van der Waals surface area contributed by atoms with Crippen LogP contribution in [0.25, 0.3) is 0 Å². The first kappa shape index (κ1) is 20.1. The molecule has 0 aromatic heterocycles. The van der Waals surface area contributed by atoms with Gasteiger partial charge in [0.25, 0.3) is 0 Å². The van der Waals surface area contributed by atoms with Crippen molar-refractivity contribution in [2.45, 2.75) is 44.6 Å². The summed E-state index contributed by atoms with van der Waals surface area (Å²) in [6.07, 6.45) is 5.86. The van der Waals surface area contributed by atoms with Crippen LogP contribution < -0.4 is 5.32 Å². The van der Waals surface area contributed by atoms with Gasteiger partial charge in [-0.15, -0.1) is 0 Å². The molecule has 1 aromatic rings. The van der Waals surface area contributed by atoms with E-state index in [1.807, 2.05) is 23.3 Å². The summed E-state index contributed by atoms with van der Waals surface area (Å²) >= 11 is 7.68. The van der Waals surface area contributed by atoms with Gasteiger partial charge in [-0.25, -0.2) is 0 Å². The van der Waals surface area contributed by atoms with Crippen LogP contribution in [-0.4, -0.2) is 47.9 Å². The lowest BCUT2D eigenvalue weighted by molar-refractivity contribution is -0.136. The molecular formula is C19H27ClN2O2S. The molecule has 1 fully saturated rings. The molecule has 0 radical (unpaired) electrons. The van der Waals surface area contributed by atoms with Gasteiger partial charge >= 0.3 is 0 Å². The van der Waals surface area contributed by atoms with Gasteiger partial charge in [0.05, 0.1) is 0 Å². The smallest absolute Gasteiger partial charge is 0.245 e. The molecule has 0 aliphatic carbocycles. The summed E-state index contributed by atoms with van der Waals surface area (Å²) in [5.74, 6) is 1.07. The summed E-state index contributed by atoms with van der Waals surface area (Å²) < 4.78 is 0. The highest BCUT2D eigenvalue weighted by Gasteiger charge is 2.28. The van der Waals surface area contributed by atoms with E-state index in [0.29, 0.717) is 18.9 Å². The van der Waals surface area contributed by atoms with Gasteiger partial charge < -0.3 is 10.2 Å². The molecule has 1 N–H and O–H groups in total. The molecule has 0 bridgehead atoms. The summed E-state index contributed by atoms with van der Waals surface area (Å²) in [5.41, 5.74) is 1.23. The first-order valence-electron chi connectivity index (χ1n) is 8.81. The number of rotatable bonds is 6. The number of nitrogens with one attached hydrogen (secondary N) is 1. The lowest BCUT2D eigenvalue weighted by Gasteiger charge is -2.29. The number of hydrogen-bond acceptors (Lipinski definition) is 3. The lowest BCUT2D eigenvalue weighted by atomic mass is 9.94. The van der Waals surface area contributed by atoms with Crippen LogP contribution in [0, 0.1) is 0 Å². The minimum absolute atomic E-state index is 0.0464. The van der Waals surface area contributed by atoms with Crippen molar-refractivity contribution < 1.29 is 9.59 Å². The van der Waals surface area contributed by atoms with Crippen LogP contribution in [0.5, 0.6) is 0 Å². The largest absolute Gasteiger partial charge is 0.345 e. The Kier molecular flexibility index (Phi) is 8.10. The van der Waals surface area contributed by atoms with E-state index in [2.05, 4.69) is 17.4 Å². The van der Waals surface area contributed by atoms with E-state index >= 15 is 0 Å². The number of benzene rings is 1. The maximum atomic E-state index is 13.0. The third kappa shape index (κ3) is 6.23. The monoisotopic (exact) mass is 382 g/mol. The SMILES string of the molecule is CSCCC(NC(C)=O)C(=O)N1CCCCC(c2ccc(Cl)cc2)C1. The number of carbonyl (C=O) groups excluding carboxylic acids is 2. The number of nitrogens with zero attached hydrogens (tertiary/aromatic N) is 1. The summed E-state index contributed by atoms with van der Waals surface area (Å²) in [6, 6.07) is 7.51. The molecular weight excluding hydrogens is 356 g/mol. The summed E-state index contributed by atoms with van der Waals surface area (Å²) in [6.45, 7) is 2.94. The topological polar surface area (TPSA) is 49.4 Å². The minimum atomic E-state index is -0.422. The Bertz CT molecular complexity index is 579. The minimum Gasteiger partial charge on any atom is -0.345 e. The Hall–Kier alpha value is -1.20. The number of carbonyl (C=O) groups is 2. The fourth-order valence-corrected chi connectivity index (χ4v) is 3.91. The number of thioether (sulfide) groups is 1. The van der Waals surface area contributed by atoms with Crippen LogP contribution in [0.15, 0.2) is 24.3 Å². The zero-order valence-corrected chi connectivity index (χ0v) is 16.5. The van der Waals surface area contributed by atoms with Crippen molar-refractivity contribution in [3.63, 3.8) is 0 Å². The molecule has 1 aliphatic heterocycles. The van der Waals surface area contributed by atoms with Crippen molar-refractivity contribution in [2.75, 3.05) is 25.1 Å². The Morgan fingerprint density at radius 2 is 2.04 bits per heavy atom. The standard InChI is InChI=1S/C19H27ClN2O2S/c1-14(23)21-18(10-12-25-2)19(24)22-11-4-3-5-16(13-22)15-6-8-17(20)9-7-15/h6-9,16,18H,3-5,10-13H2,1-2H3,(H,21,23). The zero-order valence-electron chi connectivity index (χ0n) is 15.0. The molecule has 2 amide bonds. The first-order valence-corrected chi connectivity index (χ1v) is 10.6. The fraction of sp³-hybridized carbons (Fsp3) is 0.579. The zero-order chi connectivity index (χ0) is 18.2. The highest BCUT2D eigenvalue weighted by molar-refractivity contribution is 7.98. The summed E-state index contributed by atoms with van der Waals surface area (Å²) in [4.78, 5) is 26.4. The van der Waals surface area contributed by atoms with Crippen LogP contribution in [0.2, 0.25) is 5.02 Å². The Labute approximate surface area is 159 Å². The quantitative estimate of drug-likeness (QED) is 0.816. The maximum Gasteiger partial charge on any atom is 0.245 e. The average Bonchev–Trinajstić information content (AvgIpc) is 2.84. The molecule has 1 aliphatic rings. The van der Waals surface area contributed by atoms with Crippen LogP contribution >= 0.6 is 23.4 Å². The van der Waals surface area contributed by atoms with Gasteiger partial charge in [-0.05, 0) is 49.0 Å². The van der Waals surface area contributed by atoms with E-state index < -0.39 is 6.04 Å². The van der Waals surface area contributed by atoms with Gasteiger partial charge in [0.2, 0.25) is 11.8 Å². The van der Waals surface area contributed by atoms with E-state index in [1.165, 1.54) is 12.5 Å². The van der Waals surface area contributed by atoms with Crippen molar-refractivity contribution in [3.05, 3.63) is 34.9 Å². The number of likely N-dealkylation sites (tertiary alicyclic amines) is 1. The van der Waals surface area contributed by atoms with E-state index in [9.17, 15) is 9.59 Å². The Balaban J connectivity index is 2.10. The predicted molar refractivity (Wildman–Crippen MR) is 105 cm³/mol. The fourth-order valence-electron chi connectivity index (χ4n) is 3.31. The highest BCUT2D eigenvalue weighted by atomic mass is 35.5. The molecule has 1 saturated heterocycles. The van der Waals surface area contributed by atoms with Crippen LogP contribution in [0.1, 0.15) is 44.1 Å². The first-order chi connectivity index (χ1) is 12.0. The van der Waals surface area contributed by atoms with E-state index in [4.69, 9.17) is 11.6 Å². The maximum absolute atomic E-state index is 13.0. The molecule has 2 atom stereocenters. The number of amides is 2. The van der Waals surface area contributed by atoms with Gasteiger partial charge in [-0.3, -0.25) is 9.59 Å². The predicted octanol–water partition coefficient (Wildman–Crippen LogP) is 3.69. The second kappa shape index (κ2) is 10.1. The van der Waals surface area contributed by atoms with Crippen LogP contribution in [0.3, 0.4) is 0 Å². The van der Waals surface area contributed by atoms with Gasteiger partial charge in [-0.1, -0.05) is 30.2 Å². The molecule has 4 nitrogen and oxygen atoms in total. The van der Waals surface area contributed by atoms with Crippen molar-refractivity contribution in [1.29, 1.82) is 0 Å². The average molecular weight is 383 g/mol. The van der Waals surface area contributed by atoms with Crippen molar-refractivity contribution in [2.24, 2.45) is 0 Å². The Morgan fingerprint density at radius 3 is 2.68 bits per heavy atom. The molecule has 1 heterocycles. The molecule has 138 valence electrons. The highest BCUT2D eigenvalue weighted by Crippen LogP contribution is 2.28. The van der Waals surface area contributed by atoms with Gasteiger partial charge in [0.1, 0.15) is 6.04 Å². The third-order valence-corrected chi connectivity index (χ3v) is 5.51. The van der Waals surface area contributed by atoms with E-state index in [-0.39, 0.29) is 11.8 Å². The second-order valence-electron chi connectivity index (χ2n) is 6.56. The molecule has 1 aromatic carbocycles. The van der Waals surface area contributed by atoms with Crippen molar-refractivity contribution >= 4 is 35.2 Å². The second-order valence-corrected chi connectivity index (χ2v) is 7.99. The van der Waals surface area contributed by atoms with Crippen LogP contribution in [0.4, 0.5) is 0 Å². The van der Waals surface area contributed by atoms with Crippen LogP contribution in [-0.2, 0) is 9.59 Å². The molecule has 0 spiro atoms. The summed E-state index contributed by atoms with van der Waals surface area (Å²) in [7, 11) is 0. The van der Waals surface area contributed by atoms with Gasteiger partial charge in [0, 0.05) is 31.0 Å². The molecule has 0 saturated carbocycles. The molecule has 25 heavy (non-hydrogen) atoms.